The summed E-state index contributed by atoms with van der Waals surface area (Å²) in [4.78, 5) is 22.4. The van der Waals surface area contributed by atoms with Crippen LogP contribution in [0, 0.1) is 5.92 Å². The van der Waals surface area contributed by atoms with Crippen LogP contribution in [0.15, 0.2) is 18.2 Å². The average Bonchev–Trinajstić information content (AvgIpc) is 2.44. The van der Waals surface area contributed by atoms with E-state index in [9.17, 15) is 19.8 Å². The van der Waals surface area contributed by atoms with Crippen LogP contribution in [-0.4, -0.2) is 33.7 Å². The first-order chi connectivity index (χ1) is 9.93. The third kappa shape index (κ3) is 5.72. The zero-order chi connectivity index (χ0) is 15.8. The largest absolute Gasteiger partial charge is 0.508 e. The summed E-state index contributed by atoms with van der Waals surface area (Å²) in [7, 11) is 0. The van der Waals surface area contributed by atoms with E-state index in [1.807, 2.05) is 6.92 Å². The van der Waals surface area contributed by atoms with E-state index in [-0.39, 0.29) is 29.4 Å². The molecule has 0 bridgehead atoms. The molecular formula is C15H21NO5. The fourth-order valence-electron chi connectivity index (χ4n) is 2.07. The first-order valence-electron chi connectivity index (χ1n) is 6.96. The Balaban J connectivity index is 2.45. The van der Waals surface area contributed by atoms with Gasteiger partial charge in [-0.2, -0.15) is 0 Å². The molecule has 0 aliphatic heterocycles. The van der Waals surface area contributed by atoms with E-state index in [4.69, 9.17) is 5.11 Å². The number of carboxylic acids is 1. The summed E-state index contributed by atoms with van der Waals surface area (Å²) in [5, 5.41) is 30.2. The minimum absolute atomic E-state index is 0.0218. The summed E-state index contributed by atoms with van der Waals surface area (Å²) >= 11 is 0. The SMILES string of the molecule is CCC(CCNC(=O)c1cc(O)ccc1O)CCC(=O)O. The molecule has 1 amide bonds. The van der Waals surface area contributed by atoms with Crippen molar-refractivity contribution in [3.05, 3.63) is 23.8 Å². The lowest BCUT2D eigenvalue weighted by molar-refractivity contribution is -0.137. The number of aromatic hydroxyl groups is 2. The molecule has 1 atom stereocenters. The van der Waals surface area contributed by atoms with Gasteiger partial charge in [-0.3, -0.25) is 9.59 Å². The fourth-order valence-corrected chi connectivity index (χ4v) is 2.07. The lowest BCUT2D eigenvalue weighted by atomic mass is 9.96. The van der Waals surface area contributed by atoms with Crippen molar-refractivity contribution in [3.8, 4) is 11.5 Å². The first kappa shape index (κ1) is 16.8. The molecule has 1 unspecified atom stereocenters. The van der Waals surface area contributed by atoms with Gasteiger partial charge in [0.25, 0.3) is 5.91 Å². The Morgan fingerprint density at radius 3 is 2.57 bits per heavy atom. The molecule has 1 rings (SSSR count). The Hall–Kier alpha value is -2.24. The van der Waals surface area contributed by atoms with Gasteiger partial charge in [0.2, 0.25) is 0 Å². The van der Waals surface area contributed by atoms with Crippen LogP contribution < -0.4 is 5.32 Å². The highest BCUT2D eigenvalue weighted by Crippen LogP contribution is 2.22. The number of carbonyl (C=O) groups is 2. The van der Waals surface area contributed by atoms with Crippen molar-refractivity contribution >= 4 is 11.9 Å². The molecule has 0 radical (unpaired) electrons. The van der Waals surface area contributed by atoms with Crippen molar-refractivity contribution in [3.63, 3.8) is 0 Å². The van der Waals surface area contributed by atoms with E-state index < -0.39 is 11.9 Å². The number of aliphatic carboxylic acids is 1. The van der Waals surface area contributed by atoms with Crippen LogP contribution >= 0.6 is 0 Å². The molecule has 0 heterocycles. The number of nitrogens with one attached hydrogen (secondary N) is 1. The molecule has 0 saturated carbocycles. The van der Waals surface area contributed by atoms with Crippen molar-refractivity contribution in [2.75, 3.05) is 6.54 Å². The Labute approximate surface area is 123 Å². The van der Waals surface area contributed by atoms with Crippen LogP contribution in [0.4, 0.5) is 0 Å². The maximum absolute atomic E-state index is 11.9. The molecule has 6 nitrogen and oxygen atoms in total. The van der Waals surface area contributed by atoms with Gasteiger partial charge in [0.15, 0.2) is 0 Å². The van der Waals surface area contributed by atoms with Gasteiger partial charge in [-0.25, -0.2) is 0 Å². The minimum atomic E-state index is -0.817. The van der Waals surface area contributed by atoms with Gasteiger partial charge in [0.1, 0.15) is 11.5 Å². The van der Waals surface area contributed by atoms with E-state index in [0.717, 1.165) is 6.42 Å². The topological polar surface area (TPSA) is 107 Å². The number of benzene rings is 1. The Morgan fingerprint density at radius 2 is 1.95 bits per heavy atom. The quantitative estimate of drug-likeness (QED) is 0.549. The molecule has 0 fully saturated rings. The normalized spacial score (nSPS) is 11.9. The molecule has 4 N–H and O–H groups in total. The summed E-state index contributed by atoms with van der Waals surface area (Å²) in [5.41, 5.74) is 0.0218. The van der Waals surface area contributed by atoms with E-state index in [1.165, 1.54) is 18.2 Å². The average molecular weight is 295 g/mol. The maximum Gasteiger partial charge on any atom is 0.303 e. The van der Waals surface area contributed by atoms with Gasteiger partial charge in [-0.05, 0) is 37.0 Å². The van der Waals surface area contributed by atoms with E-state index in [1.54, 1.807) is 0 Å². The maximum atomic E-state index is 11.9. The number of phenolic OH excluding ortho intramolecular Hbond substituents is 2. The predicted octanol–water partition coefficient (Wildman–Crippen LogP) is 2.11. The third-order valence-corrected chi connectivity index (χ3v) is 3.41. The fraction of sp³-hybridized carbons (Fsp3) is 0.467. The number of rotatable bonds is 8. The van der Waals surface area contributed by atoms with Crippen LogP contribution in [0.5, 0.6) is 11.5 Å². The summed E-state index contributed by atoms with van der Waals surface area (Å²) in [5.74, 6) is -1.33. The highest BCUT2D eigenvalue weighted by atomic mass is 16.4. The second kappa shape index (κ2) is 8.14. The lowest BCUT2D eigenvalue weighted by Crippen LogP contribution is -2.26. The number of amides is 1. The molecule has 116 valence electrons. The van der Waals surface area contributed by atoms with Crippen LogP contribution in [-0.2, 0) is 4.79 Å². The zero-order valence-electron chi connectivity index (χ0n) is 12.0. The van der Waals surface area contributed by atoms with Gasteiger partial charge in [-0.15, -0.1) is 0 Å². The lowest BCUT2D eigenvalue weighted by Gasteiger charge is -2.14. The molecular weight excluding hydrogens is 274 g/mol. The number of phenols is 2. The molecule has 1 aromatic carbocycles. The number of hydrogen-bond donors (Lipinski definition) is 4. The van der Waals surface area contributed by atoms with E-state index in [2.05, 4.69) is 5.32 Å². The van der Waals surface area contributed by atoms with Gasteiger partial charge < -0.3 is 20.6 Å². The van der Waals surface area contributed by atoms with Crippen molar-refractivity contribution in [1.82, 2.24) is 5.32 Å². The first-order valence-corrected chi connectivity index (χ1v) is 6.96. The summed E-state index contributed by atoms with van der Waals surface area (Å²) in [6.45, 7) is 2.38. The summed E-state index contributed by atoms with van der Waals surface area (Å²) in [6.07, 6.45) is 2.23. The second-order valence-electron chi connectivity index (χ2n) is 4.95. The smallest absolute Gasteiger partial charge is 0.303 e. The highest BCUT2D eigenvalue weighted by molar-refractivity contribution is 5.97. The van der Waals surface area contributed by atoms with Crippen molar-refractivity contribution < 1.29 is 24.9 Å². The molecule has 0 aliphatic carbocycles. The predicted molar refractivity (Wildman–Crippen MR) is 77.4 cm³/mol. The van der Waals surface area contributed by atoms with Crippen molar-refractivity contribution in [2.24, 2.45) is 5.92 Å². The monoisotopic (exact) mass is 295 g/mol. The molecule has 0 spiro atoms. The molecule has 6 heteroatoms. The zero-order valence-corrected chi connectivity index (χ0v) is 12.0. The number of carboxylic acid groups (broad SMARTS) is 1. The van der Waals surface area contributed by atoms with Gasteiger partial charge >= 0.3 is 5.97 Å². The molecule has 0 saturated heterocycles. The summed E-state index contributed by atoms with van der Waals surface area (Å²) in [6, 6.07) is 3.75. The summed E-state index contributed by atoms with van der Waals surface area (Å²) < 4.78 is 0. The van der Waals surface area contributed by atoms with Crippen molar-refractivity contribution in [1.29, 1.82) is 0 Å². The number of carbonyl (C=O) groups excluding carboxylic acids is 1. The Kier molecular flexibility index (Phi) is 6.52. The van der Waals surface area contributed by atoms with Gasteiger partial charge in [0, 0.05) is 13.0 Å². The Bertz CT molecular complexity index is 501. The van der Waals surface area contributed by atoms with Gasteiger partial charge in [0.05, 0.1) is 5.56 Å². The van der Waals surface area contributed by atoms with Crippen molar-refractivity contribution in [2.45, 2.75) is 32.6 Å². The van der Waals surface area contributed by atoms with Crippen LogP contribution in [0.3, 0.4) is 0 Å². The van der Waals surface area contributed by atoms with Crippen LogP contribution in [0.25, 0.3) is 0 Å². The Morgan fingerprint density at radius 1 is 1.24 bits per heavy atom. The highest BCUT2D eigenvalue weighted by Gasteiger charge is 2.13. The third-order valence-electron chi connectivity index (χ3n) is 3.41. The van der Waals surface area contributed by atoms with Gasteiger partial charge in [-0.1, -0.05) is 13.3 Å². The molecule has 0 aromatic heterocycles. The van der Waals surface area contributed by atoms with Crippen LogP contribution in [0.1, 0.15) is 43.0 Å². The molecule has 0 aliphatic rings. The standard InChI is InChI=1S/C15H21NO5/c1-2-10(3-6-14(19)20)7-8-16-15(21)12-9-11(17)4-5-13(12)18/h4-5,9-10,17-18H,2-3,6-8H2,1H3,(H,16,21)(H,19,20). The second-order valence-corrected chi connectivity index (χ2v) is 4.95. The van der Waals surface area contributed by atoms with E-state index in [0.29, 0.717) is 19.4 Å². The number of hydrogen-bond acceptors (Lipinski definition) is 4. The van der Waals surface area contributed by atoms with Crippen LogP contribution in [0.2, 0.25) is 0 Å². The minimum Gasteiger partial charge on any atom is -0.508 e. The molecule has 1 aromatic rings. The van der Waals surface area contributed by atoms with E-state index >= 15 is 0 Å². The molecule has 21 heavy (non-hydrogen) atoms.